The van der Waals surface area contributed by atoms with Crippen molar-refractivity contribution in [1.82, 2.24) is 19.9 Å². The molecule has 7 nitrogen and oxygen atoms in total. The molecular weight excluding hydrogens is 254 g/mol. The van der Waals surface area contributed by atoms with Crippen molar-refractivity contribution in [2.45, 2.75) is 20.3 Å². The van der Waals surface area contributed by atoms with Gasteiger partial charge < -0.3 is 20.4 Å². The average molecular weight is 281 g/mol. The summed E-state index contributed by atoms with van der Waals surface area (Å²) in [5.41, 5.74) is 0. The van der Waals surface area contributed by atoms with E-state index < -0.39 is 0 Å². The molecule has 0 bridgehead atoms. The van der Waals surface area contributed by atoms with Crippen LogP contribution in [0.1, 0.15) is 20.3 Å². The minimum Gasteiger partial charge on any atom is -0.357 e. The first kappa shape index (κ1) is 16.4. The lowest BCUT2D eigenvalue weighted by atomic mass is 10.3. The zero-order valence-corrected chi connectivity index (χ0v) is 13.3. The fourth-order valence-corrected chi connectivity index (χ4v) is 1.80. The van der Waals surface area contributed by atoms with Crippen LogP contribution in [0, 0.1) is 0 Å². The molecule has 0 saturated heterocycles. The molecular formula is C13H27N7. The number of aromatic nitrogens is 3. The molecule has 114 valence electrons. The molecule has 20 heavy (non-hydrogen) atoms. The lowest BCUT2D eigenvalue weighted by Crippen LogP contribution is -2.25. The van der Waals surface area contributed by atoms with E-state index in [9.17, 15) is 0 Å². The maximum Gasteiger partial charge on any atom is 0.231 e. The summed E-state index contributed by atoms with van der Waals surface area (Å²) in [4.78, 5) is 17.2. The van der Waals surface area contributed by atoms with E-state index >= 15 is 0 Å². The predicted molar refractivity (Wildman–Crippen MR) is 84.6 cm³/mol. The van der Waals surface area contributed by atoms with E-state index in [1.807, 2.05) is 19.0 Å². The minimum absolute atomic E-state index is 0.579. The quantitative estimate of drug-likeness (QED) is 0.657. The minimum atomic E-state index is 0.579. The van der Waals surface area contributed by atoms with Gasteiger partial charge in [-0.15, -0.1) is 0 Å². The van der Waals surface area contributed by atoms with Crippen molar-refractivity contribution in [3.05, 3.63) is 0 Å². The van der Waals surface area contributed by atoms with Gasteiger partial charge in [-0.25, -0.2) is 0 Å². The van der Waals surface area contributed by atoms with Crippen molar-refractivity contribution < 1.29 is 0 Å². The number of hydrogen-bond donors (Lipinski definition) is 2. The van der Waals surface area contributed by atoms with Crippen LogP contribution in [-0.4, -0.2) is 67.2 Å². The Balaban J connectivity index is 2.52. The Morgan fingerprint density at radius 3 is 2.20 bits per heavy atom. The van der Waals surface area contributed by atoms with Gasteiger partial charge in [-0.3, -0.25) is 0 Å². The fraction of sp³-hybridized carbons (Fsp3) is 0.769. The van der Waals surface area contributed by atoms with Crippen LogP contribution in [0.4, 0.5) is 17.8 Å². The summed E-state index contributed by atoms with van der Waals surface area (Å²) in [6.07, 6.45) is 1.07. The van der Waals surface area contributed by atoms with Crippen LogP contribution in [0.25, 0.3) is 0 Å². The normalized spacial score (nSPS) is 10.7. The van der Waals surface area contributed by atoms with Crippen LogP contribution in [0.5, 0.6) is 0 Å². The van der Waals surface area contributed by atoms with E-state index in [2.05, 4.69) is 44.3 Å². The SMILES string of the molecule is CCN(CC)CCCNc1nc(NC)nc(N(C)C)n1. The molecule has 0 radical (unpaired) electrons. The molecule has 1 rings (SSSR count). The van der Waals surface area contributed by atoms with Crippen molar-refractivity contribution in [3.8, 4) is 0 Å². The van der Waals surface area contributed by atoms with Crippen molar-refractivity contribution in [2.24, 2.45) is 0 Å². The topological polar surface area (TPSA) is 69.2 Å². The molecule has 0 fully saturated rings. The molecule has 2 N–H and O–H groups in total. The number of nitrogens with one attached hydrogen (secondary N) is 2. The fourth-order valence-electron chi connectivity index (χ4n) is 1.80. The zero-order valence-electron chi connectivity index (χ0n) is 13.3. The van der Waals surface area contributed by atoms with Crippen LogP contribution in [0.3, 0.4) is 0 Å². The molecule has 0 aromatic carbocycles. The maximum atomic E-state index is 4.38. The van der Waals surface area contributed by atoms with Crippen LogP contribution in [0.15, 0.2) is 0 Å². The maximum absolute atomic E-state index is 4.38. The third kappa shape index (κ3) is 5.16. The summed E-state index contributed by atoms with van der Waals surface area (Å²) >= 11 is 0. The lowest BCUT2D eigenvalue weighted by molar-refractivity contribution is 0.303. The highest BCUT2D eigenvalue weighted by Crippen LogP contribution is 2.10. The van der Waals surface area contributed by atoms with Crippen LogP contribution >= 0.6 is 0 Å². The van der Waals surface area contributed by atoms with Gasteiger partial charge in [-0.1, -0.05) is 13.8 Å². The Bertz CT molecular complexity index is 390. The predicted octanol–water partition coefficient (Wildman–Crippen LogP) is 1.12. The molecule has 0 unspecified atom stereocenters. The highest BCUT2D eigenvalue weighted by atomic mass is 15.3. The van der Waals surface area contributed by atoms with E-state index in [0.717, 1.165) is 32.6 Å². The van der Waals surface area contributed by atoms with E-state index in [-0.39, 0.29) is 0 Å². The number of nitrogens with zero attached hydrogens (tertiary/aromatic N) is 5. The summed E-state index contributed by atoms with van der Waals surface area (Å²) in [7, 11) is 5.64. The molecule has 1 heterocycles. The van der Waals surface area contributed by atoms with Crippen molar-refractivity contribution in [1.29, 1.82) is 0 Å². The largest absolute Gasteiger partial charge is 0.357 e. The van der Waals surface area contributed by atoms with Gasteiger partial charge in [0.05, 0.1) is 0 Å². The first-order valence-corrected chi connectivity index (χ1v) is 7.18. The van der Waals surface area contributed by atoms with Gasteiger partial charge in [0.2, 0.25) is 17.8 Å². The Morgan fingerprint density at radius 2 is 1.65 bits per heavy atom. The van der Waals surface area contributed by atoms with Gasteiger partial charge in [0.1, 0.15) is 0 Å². The Morgan fingerprint density at radius 1 is 1.00 bits per heavy atom. The number of hydrogen-bond acceptors (Lipinski definition) is 7. The van der Waals surface area contributed by atoms with E-state index in [0.29, 0.717) is 17.8 Å². The standard InChI is InChI=1S/C13H27N7/c1-6-20(7-2)10-8-9-15-12-16-11(14-3)17-13(18-12)19(4)5/h6-10H2,1-5H3,(H2,14,15,16,17,18). The van der Waals surface area contributed by atoms with Gasteiger partial charge in [-0.2, -0.15) is 15.0 Å². The molecule has 1 aromatic rings. The highest BCUT2D eigenvalue weighted by Gasteiger charge is 2.06. The van der Waals surface area contributed by atoms with Gasteiger partial charge in [0.25, 0.3) is 0 Å². The summed E-state index contributed by atoms with van der Waals surface area (Å²) < 4.78 is 0. The molecule has 0 spiro atoms. The first-order chi connectivity index (χ1) is 9.60. The third-order valence-corrected chi connectivity index (χ3v) is 3.08. The van der Waals surface area contributed by atoms with Crippen LogP contribution < -0.4 is 15.5 Å². The molecule has 0 aliphatic heterocycles. The molecule has 0 aliphatic carbocycles. The van der Waals surface area contributed by atoms with Gasteiger partial charge in [-0.05, 0) is 26.1 Å². The second kappa shape index (κ2) is 8.52. The van der Waals surface area contributed by atoms with E-state index in [4.69, 9.17) is 0 Å². The summed E-state index contributed by atoms with van der Waals surface area (Å²) in [5.74, 6) is 1.85. The molecule has 1 aromatic heterocycles. The summed E-state index contributed by atoms with van der Waals surface area (Å²) in [6.45, 7) is 8.51. The Labute approximate surface area is 121 Å². The second-order valence-corrected chi connectivity index (χ2v) is 4.73. The monoisotopic (exact) mass is 281 g/mol. The highest BCUT2D eigenvalue weighted by molar-refractivity contribution is 5.42. The third-order valence-electron chi connectivity index (χ3n) is 3.08. The van der Waals surface area contributed by atoms with Crippen molar-refractivity contribution in [3.63, 3.8) is 0 Å². The number of rotatable bonds is 9. The number of anilines is 3. The second-order valence-electron chi connectivity index (χ2n) is 4.73. The lowest BCUT2D eigenvalue weighted by Gasteiger charge is -2.18. The molecule has 0 saturated carbocycles. The van der Waals surface area contributed by atoms with Crippen LogP contribution in [0.2, 0.25) is 0 Å². The molecule has 0 amide bonds. The van der Waals surface area contributed by atoms with Gasteiger partial charge in [0, 0.05) is 27.7 Å². The molecule has 7 heteroatoms. The van der Waals surface area contributed by atoms with Crippen molar-refractivity contribution in [2.75, 3.05) is 62.9 Å². The summed E-state index contributed by atoms with van der Waals surface area (Å²) in [5, 5.41) is 6.22. The van der Waals surface area contributed by atoms with Crippen LogP contribution in [-0.2, 0) is 0 Å². The summed E-state index contributed by atoms with van der Waals surface area (Å²) in [6, 6.07) is 0. The van der Waals surface area contributed by atoms with Gasteiger partial charge in [0.15, 0.2) is 0 Å². The zero-order chi connectivity index (χ0) is 15.0. The molecule has 0 atom stereocenters. The first-order valence-electron chi connectivity index (χ1n) is 7.18. The molecule has 0 aliphatic rings. The Hall–Kier alpha value is -1.63. The van der Waals surface area contributed by atoms with Gasteiger partial charge >= 0.3 is 0 Å². The van der Waals surface area contributed by atoms with Crippen molar-refractivity contribution >= 4 is 17.8 Å². The van der Waals surface area contributed by atoms with E-state index in [1.165, 1.54) is 0 Å². The average Bonchev–Trinajstić information content (AvgIpc) is 2.47. The smallest absolute Gasteiger partial charge is 0.231 e. The Kier molecular flexibility index (Phi) is 7.00. The van der Waals surface area contributed by atoms with E-state index in [1.54, 1.807) is 7.05 Å².